The summed E-state index contributed by atoms with van der Waals surface area (Å²) >= 11 is 0. The van der Waals surface area contributed by atoms with Gasteiger partial charge in [0.25, 0.3) is 10.0 Å². The van der Waals surface area contributed by atoms with E-state index in [4.69, 9.17) is 0 Å². The summed E-state index contributed by atoms with van der Waals surface area (Å²) < 4.78 is 62.0. The molecule has 0 saturated carbocycles. The first-order chi connectivity index (χ1) is 8.42. The number of pyridine rings is 1. The Morgan fingerprint density at radius 2 is 2.00 bits per heavy atom. The topological polar surface area (TPSA) is 125 Å². The minimum Gasteiger partial charge on any atom is -0.395 e. The lowest BCUT2D eigenvalue weighted by Gasteiger charge is -2.12. The maximum atomic E-state index is 12.1. The highest BCUT2D eigenvalue weighted by Gasteiger charge is 2.39. The summed E-state index contributed by atoms with van der Waals surface area (Å²) in [4.78, 5) is 12.6. The van der Waals surface area contributed by atoms with Crippen molar-refractivity contribution in [2.45, 2.75) is 18.3 Å². The van der Waals surface area contributed by atoms with Crippen molar-refractivity contribution in [3.63, 3.8) is 0 Å². The molecular formula is C7H6F3N3O5S. The third-order valence-electron chi connectivity index (χ3n) is 1.73. The molecule has 1 rings (SSSR count). The van der Waals surface area contributed by atoms with Gasteiger partial charge in [-0.2, -0.15) is 0 Å². The molecule has 0 saturated heterocycles. The Morgan fingerprint density at radius 1 is 1.47 bits per heavy atom. The predicted octanol–water partition coefficient (Wildman–Crippen LogP) is 0.844. The van der Waals surface area contributed by atoms with Crippen LogP contribution in [0.1, 0.15) is 5.69 Å². The summed E-state index contributed by atoms with van der Waals surface area (Å²) in [5.74, 6) is -1.56. The molecule has 8 nitrogen and oxygen atoms in total. The second-order valence-corrected chi connectivity index (χ2v) is 4.74. The Balaban J connectivity index is 3.67. The summed E-state index contributed by atoms with van der Waals surface area (Å²) in [7, 11) is -4.72. The van der Waals surface area contributed by atoms with Gasteiger partial charge in [0.15, 0.2) is 0 Å². The van der Waals surface area contributed by atoms with Gasteiger partial charge in [0.05, 0.1) is 4.92 Å². The number of aromatic nitrogens is 1. The van der Waals surface area contributed by atoms with Crippen LogP contribution in [0.15, 0.2) is 11.1 Å². The first-order valence-corrected chi connectivity index (χ1v) is 5.91. The van der Waals surface area contributed by atoms with Crippen LogP contribution in [-0.2, 0) is 10.0 Å². The smallest absolute Gasteiger partial charge is 0.395 e. The summed E-state index contributed by atoms with van der Waals surface area (Å²) in [6, 6.07) is 0.635. The molecular weight excluding hydrogens is 295 g/mol. The molecule has 0 fully saturated rings. The van der Waals surface area contributed by atoms with Crippen LogP contribution in [0, 0.1) is 17.0 Å². The van der Waals surface area contributed by atoms with Crippen molar-refractivity contribution in [3.8, 4) is 5.75 Å². The molecule has 0 aliphatic carbocycles. The maximum absolute atomic E-state index is 12.1. The minimum absolute atomic E-state index is 0.203. The SMILES string of the molecule is Cc1cc([N+](=O)[O-])c(OC(F)(F)F)c(S(N)(=O)=O)n1. The lowest BCUT2D eigenvalue weighted by Crippen LogP contribution is -2.23. The normalized spacial score (nSPS) is 12.3. The Morgan fingerprint density at radius 3 is 2.37 bits per heavy atom. The number of nitrogens with zero attached hydrogens (tertiary/aromatic N) is 2. The van der Waals surface area contributed by atoms with Gasteiger partial charge in [-0.1, -0.05) is 0 Å². The Labute approximate surface area is 104 Å². The number of halogens is 3. The van der Waals surface area contributed by atoms with Crippen molar-refractivity contribution in [3.05, 3.63) is 21.9 Å². The fourth-order valence-electron chi connectivity index (χ4n) is 1.16. The predicted molar refractivity (Wildman–Crippen MR) is 53.7 cm³/mol. The number of ether oxygens (including phenoxy) is 1. The van der Waals surface area contributed by atoms with E-state index in [9.17, 15) is 31.7 Å². The molecule has 0 aromatic carbocycles. The van der Waals surface area contributed by atoms with E-state index in [0.29, 0.717) is 6.07 Å². The first kappa shape index (κ1) is 15.1. The van der Waals surface area contributed by atoms with Crippen molar-refractivity contribution in [2.24, 2.45) is 5.14 Å². The van der Waals surface area contributed by atoms with Gasteiger partial charge in [0.1, 0.15) is 0 Å². The van der Waals surface area contributed by atoms with E-state index in [0.717, 1.165) is 6.92 Å². The van der Waals surface area contributed by atoms with Crippen molar-refractivity contribution in [1.82, 2.24) is 4.98 Å². The van der Waals surface area contributed by atoms with Gasteiger partial charge in [-0.05, 0) is 6.92 Å². The number of hydrogen-bond acceptors (Lipinski definition) is 6. The molecule has 0 amide bonds. The van der Waals surface area contributed by atoms with E-state index in [2.05, 4.69) is 14.9 Å². The van der Waals surface area contributed by atoms with Gasteiger partial charge in [-0.25, -0.2) is 18.5 Å². The van der Waals surface area contributed by atoms with E-state index in [1.165, 1.54) is 0 Å². The lowest BCUT2D eigenvalue weighted by atomic mass is 10.3. The second-order valence-electron chi connectivity index (χ2n) is 3.27. The van der Waals surface area contributed by atoms with Crippen LogP contribution in [0.3, 0.4) is 0 Å². The van der Waals surface area contributed by atoms with Gasteiger partial charge in [-0.15, -0.1) is 13.2 Å². The van der Waals surface area contributed by atoms with Crippen molar-refractivity contribution < 1.29 is 31.2 Å². The summed E-state index contributed by atoms with van der Waals surface area (Å²) in [6.45, 7) is 1.15. The van der Waals surface area contributed by atoms with Crippen LogP contribution in [0.25, 0.3) is 0 Å². The minimum atomic E-state index is -5.33. The van der Waals surface area contributed by atoms with E-state index in [1.54, 1.807) is 0 Å². The average molecular weight is 301 g/mol. The number of rotatable bonds is 3. The van der Waals surface area contributed by atoms with Crippen LogP contribution in [0.4, 0.5) is 18.9 Å². The van der Waals surface area contributed by atoms with E-state index in [1.807, 2.05) is 0 Å². The summed E-state index contributed by atoms with van der Waals surface area (Å²) in [5, 5.41) is 13.9. The zero-order chi connectivity index (χ0) is 15.0. The molecule has 0 radical (unpaired) electrons. The van der Waals surface area contributed by atoms with E-state index < -0.39 is 37.8 Å². The van der Waals surface area contributed by atoms with Gasteiger partial charge in [0, 0.05) is 11.8 Å². The molecule has 12 heteroatoms. The Bertz CT molecular complexity index is 628. The molecule has 106 valence electrons. The molecule has 0 spiro atoms. The zero-order valence-electron chi connectivity index (χ0n) is 9.13. The first-order valence-electron chi connectivity index (χ1n) is 4.36. The highest BCUT2D eigenvalue weighted by atomic mass is 32.2. The largest absolute Gasteiger partial charge is 0.573 e. The van der Waals surface area contributed by atoms with E-state index in [-0.39, 0.29) is 5.69 Å². The average Bonchev–Trinajstić information content (AvgIpc) is 2.16. The molecule has 1 aromatic heterocycles. The van der Waals surface area contributed by atoms with Gasteiger partial charge >= 0.3 is 12.0 Å². The highest BCUT2D eigenvalue weighted by Crippen LogP contribution is 2.36. The third-order valence-corrected chi connectivity index (χ3v) is 2.55. The fraction of sp³-hybridized carbons (Fsp3) is 0.286. The molecule has 0 aliphatic rings. The molecule has 1 aromatic rings. The zero-order valence-corrected chi connectivity index (χ0v) is 9.95. The maximum Gasteiger partial charge on any atom is 0.573 e. The van der Waals surface area contributed by atoms with Crippen LogP contribution in [0.5, 0.6) is 5.75 Å². The molecule has 0 atom stereocenters. The number of sulfonamides is 1. The van der Waals surface area contributed by atoms with Gasteiger partial charge < -0.3 is 4.74 Å². The number of aryl methyl sites for hydroxylation is 1. The third kappa shape index (κ3) is 3.75. The van der Waals surface area contributed by atoms with Crippen molar-refractivity contribution in [1.29, 1.82) is 0 Å². The number of primary sulfonamides is 1. The fourth-order valence-corrected chi connectivity index (χ4v) is 1.83. The number of alkyl halides is 3. The molecule has 0 unspecified atom stereocenters. The van der Waals surface area contributed by atoms with Crippen LogP contribution >= 0.6 is 0 Å². The summed E-state index contributed by atoms with van der Waals surface area (Å²) in [5.41, 5.74) is -1.40. The molecule has 0 aliphatic heterocycles. The number of hydrogen-bond donors (Lipinski definition) is 1. The quantitative estimate of drug-likeness (QED) is 0.651. The molecule has 0 bridgehead atoms. The van der Waals surface area contributed by atoms with Crippen molar-refractivity contribution in [2.75, 3.05) is 0 Å². The van der Waals surface area contributed by atoms with Crippen molar-refractivity contribution >= 4 is 15.7 Å². The van der Waals surface area contributed by atoms with E-state index >= 15 is 0 Å². The van der Waals surface area contributed by atoms with Crippen LogP contribution in [-0.4, -0.2) is 24.7 Å². The second kappa shape index (κ2) is 4.62. The highest BCUT2D eigenvalue weighted by molar-refractivity contribution is 7.89. The standard InChI is InChI=1S/C7H6F3N3O5S/c1-3-2-4(13(14)15)5(18-7(8,9)10)6(12-3)19(11,16)17/h2H,1H3,(H2,11,16,17). The van der Waals surface area contributed by atoms with Crippen LogP contribution < -0.4 is 9.88 Å². The Kier molecular flexibility index (Phi) is 3.67. The number of nitrogens with two attached hydrogens (primary N) is 1. The molecule has 1 heterocycles. The summed E-state index contributed by atoms with van der Waals surface area (Å²) in [6.07, 6.45) is -5.33. The lowest BCUT2D eigenvalue weighted by molar-refractivity contribution is -0.389. The number of nitro groups is 1. The molecule has 19 heavy (non-hydrogen) atoms. The van der Waals surface area contributed by atoms with Gasteiger partial charge in [0.2, 0.25) is 10.8 Å². The van der Waals surface area contributed by atoms with Crippen LogP contribution in [0.2, 0.25) is 0 Å². The Hall–Kier alpha value is -1.95. The monoisotopic (exact) mass is 301 g/mol. The molecule has 2 N–H and O–H groups in total. The van der Waals surface area contributed by atoms with Gasteiger partial charge in [-0.3, -0.25) is 10.1 Å².